The molecule has 59 heavy (non-hydrogen) atoms. The third-order valence-electron chi connectivity index (χ3n) is 12.3. The normalized spacial score (nSPS) is 24.9. The Morgan fingerprint density at radius 2 is 1.80 bits per heavy atom. The average molecular weight is 812 g/mol. The van der Waals surface area contributed by atoms with Crippen molar-refractivity contribution in [2.75, 3.05) is 26.9 Å². The molecule has 3 aliphatic carbocycles. The van der Waals surface area contributed by atoms with Gasteiger partial charge in [-0.2, -0.15) is 0 Å². The molecule has 0 saturated heterocycles. The molecule has 12 nitrogen and oxygen atoms in total. The average Bonchev–Trinajstić information content (AvgIpc) is 4.10. The van der Waals surface area contributed by atoms with E-state index in [1.165, 1.54) is 18.2 Å². The number of aliphatic hydroxyl groups excluding tert-OH is 2. The highest BCUT2D eigenvalue weighted by molar-refractivity contribution is 6.03. The largest absolute Gasteiger partial charge is 0.489 e. The molecule has 1 amide bonds. The lowest BCUT2D eigenvalue weighted by atomic mass is 9.55. The Balaban J connectivity index is 1.37. The van der Waals surface area contributed by atoms with Crippen LogP contribution in [-0.4, -0.2) is 70.4 Å². The third kappa shape index (κ3) is 9.07. The number of carbonyl (C=O) groups excluding carboxylic acids is 1. The number of fused-ring (bicyclic) bond motifs is 2. The van der Waals surface area contributed by atoms with E-state index in [9.17, 15) is 29.5 Å². The number of allylic oxidation sites excluding steroid dienone is 1. The number of ether oxygens (including phenoxy) is 3. The second-order valence-corrected chi connectivity index (χ2v) is 16.1. The number of hydrogen-bond acceptors (Lipinski definition) is 10. The molecule has 0 radical (unpaired) electrons. The van der Waals surface area contributed by atoms with E-state index in [4.69, 9.17) is 24.2 Å². The number of halogens is 1. The summed E-state index contributed by atoms with van der Waals surface area (Å²) < 4.78 is 35.1. The zero-order chi connectivity index (χ0) is 41.5. The van der Waals surface area contributed by atoms with Gasteiger partial charge in [0.1, 0.15) is 36.6 Å². The molecule has 6 atom stereocenters. The van der Waals surface area contributed by atoms with Crippen molar-refractivity contribution in [3.63, 3.8) is 0 Å². The highest BCUT2D eigenvalue weighted by Crippen LogP contribution is 2.62. The van der Waals surface area contributed by atoms with E-state index >= 15 is 0 Å². The lowest BCUT2D eigenvalue weighted by Crippen LogP contribution is -2.69. The van der Waals surface area contributed by atoms with Gasteiger partial charge in [-0.25, -0.2) is 4.39 Å². The minimum absolute atomic E-state index is 0.00943. The van der Waals surface area contributed by atoms with Crippen LogP contribution in [-0.2, 0) is 27.6 Å². The van der Waals surface area contributed by atoms with Crippen LogP contribution < -0.4 is 9.47 Å². The Hall–Kier alpha value is -5.11. The first-order chi connectivity index (χ1) is 28.7. The Morgan fingerprint density at radius 3 is 2.49 bits per heavy atom. The van der Waals surface area contributed by atoms with Crippen LogP contribution in [0.2, 0.25) is 0 Å². The predicted octanol–water partition coefficient (Wildman–Crippen LogP) is 8.02. The Kier molecular flexibility index (Phi) is 13.4. The molecule has 0 spiro atoms. The van der Waals surface area contributed by atoms with Crippen LogP contribution in [0.4, 0.5) is 10.1 Å². The summed E-state index contributed by atoms with van der Waals surface area (Å²) in [5, 5.41) is 35.8. The summed E-state index contributed by atoms with van der Waals surface area (Å²) in [6, 6.07) is 17.7. The van der Waals surface area contributed by atoms with Crippen LogP contribution in [0.1, 0.15) is 80.4 Å². The highest BCUT2D eigenvalue weighted by atomic mass is 19.1. The molecular formula is C46H54FN3O9. The molecule has 314 valence electrons. The number of nitro benzene ring substituents is 1. The summed E-state index contributed by atoms with van der Waals surface area (Å²) in [5.74, 6) is -1.32. The number of aliphatic hydroxyl groups is 2. The number of likely N-dealkylation sites (N-methyl/N-ethyl adjacent to an activating group) is 1. The van der Waals surface area contributed by atoms with Crippen LogP contribution in [0.5, 0.6) is 11.5 Å². The maximum atomic E-state index is 14.7. The number of carbonyl (C=O) groups is 1. The van der Waals surface area contributed by atoms with Gasteiger partial charge in [0.2, 0.25) is 11.7 Å². The lowest BCUT2D eigenvalue weighted by Gasteiger charge is -2.59. The van der Waals surface area contributed by atoms with E-state index in [-0.39, 0.29) is 80.5 Å². The van der Waals surface area contributed by atoms with Gasteiger partial charge in [0.15, 0.2) is 0 Å². The summed E-state index contributed by atoms with van der Waals surface area (Å²) in [5.41, 5.74) is 3.55. The van der Waals surface area contributed by atoms with Gasteiger partial charge >= 0.3 is 0 Å². The first-order valence-corrected chi connectivity index (χ1v) is 20.8. The van der Waals surface area contributed by atoms with E-state index < -0.39 is 22.7 Å². The number of oxime groups is 1. The maximum absolute atomic E-state index is 14.7. The van der Waals surface area contributed by atoms with Crippen molar-refractivity contribution < 1.29 is 43.4 Å². The molecule has 2 N–H and O–H groups in total. The van der Waals surface area contributed by atoms with Gasteiger partial charge in [-0.05, 0) is 97.9 Å². The first-order valence-electron chi connectivity index (χ1n) is 20.8. The van der Waals surface area contributed by atoms with Crippen molar-refractivity contribution in [2.24, 2.45) is 28.8 Å². The second kappa shape index (κ2) is 18.9. The van der Waals surface area contributed by atoms with E-state index in [1.807, 2.05) is 18.2 Å². The first kappa shape index (κ1) is 42.0. The number of nitrogens with zero attached hydrogens (tertiary/aromatic N) is 3. The van der Waals surface area contributed by atoms with E-state index in [0.29, 0.717) is 41.2 Å². The number of rotatable bonds is 20. The molecule has 7 rings (SSSR count). The van der Waals surface area contributed by atoms with Crippen molar-refractivity contribution in [1.82, 2.24) is 4.90 Å². The van der Waals surface area contributed by atoms with Crippen molar-refractivity contribution in [3.05, 3.63) is 124 Å². The summed E-state index contributed by atoms with van der Waals surface area (Å²) in [4.78, 5) is 32.7. The summed E-state index contributed by atoms with van der Waals surface area (Å²) in [6.45, 7) is 4.36. The van der Waals surface area contributed by atoms with Crippen molar-refractivity contribution in [2.45, 2.75) is 88.7 Å². The minimum atomic E-state index is -1.37. The Morgan fingerprint density at radius 1 is 1.05 bits per heavy atom. The molecule has 13 heteroatoms. The SMILES string of the molecule is C=CCOC12Oc3ccc(OCc4ccccc4F)cc3C3C(CCCCO)C(CCCCO)C=C(C(=NOCc4ccc([N+](=O)[O-])cc4)CC1N(C)C(=O)C1CC1)C32. The van der Waals surface area contributed by atoms with Gasteiger partial charge in [0.05, 0.1) is 23.2 Å². The fourth-order valence-corrected chi connectivity index (χ4v) is 9.26. The molecular weight excluding hydrogens is 758 g/mol. The number of hydrogen-bond donors (Lipinski definition) is 2. The molecule has 0 aromatic heterocycles. The van der Waals surface area contributed by atoms with Gasteiger partial charge in [0, 0.05) is 61.8 Å². The monoisotopic (exact) mass is 811 g/mol. The zero-order valence-electron chi connectivity index (χ0n) is 33.5. The maximum Gasteiger partial charge on any atom is 0.269 e. The van der Waals surface area contributed by atoms with Crippen LogP contribution in [0.25, 0.3) is 0 Å². The van der Waals surface area contributed by atoms with Gasteiger partial charge < -0.3 is 34.2 Å². The predicted molar refractivity (Wildman–Crippen MR) is 219 cm³/mol. The molecule has 3 aromatic rings. The molecule has 4 aliphatic rings. The van der Waals surface area contributed by atoms with Gasteiger partial charge in [-0.1, -0.05) is 48.3 Å². The fraction of sp³-hybridized carbons (Fsp3) is 0.478. The molecule has 2 saturated carbocycles. The number of amides is 1. The van der Waals surface area contributed by atoms with E-state index in [1.54, 1.807) is 48.4 Å². The summed E-state index contributed by atoms with van der Waals surface area (Å²) in [6.07, 6.45) is 10.2. The van der Waals surface area contributed by atoms with E-state index in [0.717, 1.165) is 49.7 Å². The van der Waals surface area contributed by atoms with Crippen LogP contribution in [0.15, 0.2) is 96.2 Å². The van der Waals surface area contributed by atoms with Crippen LogP contribution in [0, 0.1) is 39.6 Å². The van der Waals surface area contributed by atoms with Crippen molar-refractivity contribution >= 4 is 17.3 Å². The lowest BCUT2D eigenvalue weighted by molar-refractivity contribution is -0.384. The van der Waals surface area contributed by atoms with Gasteiger partial charge in [0.25, 0.3) is 5.69 Å². The quantitative estimate of drug-likeness (QED) is 0.0500. The molecule has 3 aromatic carbocycles. The van der Waals surface area contributed by atoms with Crippen LogP contribution >= 0.6 is 0 Å². The molecule has 1 aliphatic heterocycles. The molecule has 6 unspecified atom stereocenters. The summed E-state index contributed by atoms with van der Waals surface area (Å²) >= 11 is 0. The second-order valence-electron chi connectivity index (χ2n) is 16.1. The number of benzene rings is 3. The standard InChI is InChI=1S/C46H54FN3O9/c1-3-24-57-46-42(49(2)45(53)31-16-17-31)27-40(48-58-28-30-14-18-34(19-15-30)50(54)55)37-25-32(10-6-8-22-51)36(12-7-9-23-52)43(44(37)46)38-26-35(20-21-41(38)59-46)56-29-33-11-4-5-13-39(33)47/h3-5,11,13-15,18-21,25-26,31-32,36,42-44,51-52H,1,6-10,12,16-17,22-24,27-29H2,2H3. The van der Waals surface area contributed by atoms with Crippen LogP contribution in [0.3, 0.4) is 0 Å². The fourth-order valence-electron chi connectivity index (χ4n) is 9.26. The molecule has 2 fully saturated rings. The van der Waals surface area contributed by atoms with Gasteiger partial charge in [-0.3, -0.25) is 14.9 Å². The zero-order valence-corrected chi connectivity index (χ0v) is 33.5. The van der Waals surface area contributed by atoms with Crippen molar-refractivity contribution in [1.29, 1.82) is 0 Å². The third-order valence-corrected chi connectivity index (χ3v) is 12.3. The summed E-state index contributed by atoms with van der Waals surface area (Å²) in [7, 11) is 1.81. The number of non-ortho nitro benzene ring substituents is 1. The molecule has 1 heterocycles. The topological polar surface area (TPSA) is 153 Å². The Bertz CT molecular complexity index is 2040. The van der Waals surface area contributed by atoms with E-state index in [2.05, 4.69) is 12.7 Å². The highest BCUT2D eigenvalue weighted by Gasteiger charge is 2.65. The smallest absolute Gasteiger partial charge is 0.269 e. The number of unbranched alkanes of at least 4 members (excludes halogenated alkanes) is 2. The Labute approximate surface area is 344 Å². The minimum Gasteiger partial charge on any atom is -0.489 e. The van der Waals surface area contributed by atoms with Crippen molar-refractivity contribution in [3.8, 4) is 11.5 Å². The van der Waals surface area contributed by atoms with Gasteiger partial charge in [-0.15, -0.1) is 6.58 Å². The number of nitro groups is 1. The molecule has 0 bridgehead atoms.